The van der Waals surface area contributed by atoms with Gasteiger partial charge in [0.1, 0.15) is 0 Å². The van der Waals surface area contributed by atoms with E-state index in [0.29, 0.717) is 0 Å². The van der Waals surface area contributed by atoms with Gasteiger partial charge in [-0.3, -0.25) is 0 Å². The van der Waals surface area contributed by atoms with Crippen LogP contribution in [0.1, 0.15) is 32.6 Å². The van der Waals surface area contributed by atoms with Gasteiger partial charge in [0, 0.05) is 5.25 Å². The molecule has 2 nitrogen and oxygen atoms in total. The standard InChI is InChI=1S/C11H24N2S/c1-10(4-6-12)14-8-5-11-3-2-7-13-9-11/h10-11,13H,2-9,12H2,1H3. The molecule has 1 saturated heterocycles. The van der Waals surface area contributed by atoms with Crippen LogP contribution in [-0.2, 0) is 0 Å². The van der Waals surface area contributed by atoms with Crippen molar-refractivity contribution in [3.05, 3.63) is 0 Å². The summed E-state index contributed by atoms with van der Waals surface area (Å²) >= 11 is 2.09. The molecule has 0 spiro atoms. The minimum Gasteiger partial charge on any atom is -0.330 e. The first kappa shape index (κ1) is 12.3. The van der Waals surface area contributed by atoms with E-state index in [-0.39, 0.29) is 0 Å². The number of hydrogen-bond donors (Lipinski definition) is 2. The second-order valence-corrected chi connectivity index (χ2v) is 5.81. The van der Waals surface area contributed by atoms with Crippen LogP contribution in [-0.4, -0.2) is 30.6 Å². The molecule has 2 unspecified atom stereocenters. The highest BCUT2D eigenvalue weighted by atomic mass is 32.2. The lowest BCUT2D eigenvalue weighted by molar-refractivity contribution is 0.371. The van der Waals surface area contributed by atoms with Gasteiger partial charge in [-0.2, -0.15) is 11.8 Å². The Labute approximate surface area is 92.4 Å². The van der Waals surface area contributed by atoms with Crippen LogP contribution in [0.3, 0.4) is 0 Å². The summed E-state index contributed by atoms with van der Waals surface area (Å²) in [5.41, 5.74) is 5.52. The number of nitrogens with two attached hydrogens (primary N) is 1. The summed E-state index contributed by atoms with van der Waals surface area (Å²) in [5, 5.41) is 4.22. The molecule has 1 heterocycles. The number of hydrogen-bond acceptors (Lipinski definition) is 3. The second kappa shape index (κ2) is 7.55. The van der Waals surface area contributed by atoms with E-state index in [1.807, 2.05) is 0 Å². The lowest BCUT2D eigenvalue weighted by Crippen LogP contribution is -2.30. The maximum Gasteiger partial charge on any atom is 0.00307 e. The molecular formula is C11H24N2S. The van der Waals surface area contributed by atoms with Crippen molar-refractivity contribution >= 4 is 11.8 Å². The first-order chi connectivity index (χ1) is 6.83. The molecule has 14 heavy (non-hydrogen) atoms. The van der Waals surface area contributed by atoms with Gasteiger partial charge in [-0.25, -0.2) is 0 Å². The van der Waals surface area contributed by atoms with Crippen LogP contribution < -0.4 is 11.1 Å². The lowest BCUT2D eigenvalue weighted by atomic mass is 9.97. The van der Waals surface area contributed by atoms with E-state index in [1.54, 1.807) is 0 Å². The molecule has 0 amide bonds. The summed E-state index contributed by atoms with van der Waals surface area (Å²) in [6.07, 6.45) is 5.34. The van der Waals surface area contributed by atoms with Crippen LogP contribution in [0.25, 0.3) is 0 Å². The highest BCUT2D eigenvalue weighted by Gasteiger charge is 2.12. The Morgan fingerprint density at radius 3 is 3.07 bits per heavy atom. The molecule has 1 rings (SSSR count). The minimum atomic E-state index is 0.747. The third-order valence-electron chi connectivity index (χ3n) is 2.90. The van der Waals surface area contributed by atoms with E-state index in [1.165, 1.54) is 38.1 Å². The van der Waals surface area contributed by atoms with Crippen LogP contribution in [0.5, 0.6) is 0 Å². The van der Waals surface area contributed by atoms with Gasteiger partial charge >= 0.3 is 0 Å². The lowest BCUT2D eigenvalue weighted by Gasteiger charge is -2.22. The van der Waals surface area contributed by atoms with Crippen LogP contribution in [0.2, 0.25) is 0 Å². The first-order valence-corrected chi connectivity index (χ1v) is 6.90. The maximum atomic E-state index is 5.52. The van der Waals surface area contributed by atoms with Crippen molar-refractivity contribution in [1.82, 2.24) is 5.32 Å². The fraction of sp³-hybridized carbons (Fsp3) is 1.00. The average Bonchev–Trinajstić information content (AvgIpc) is 2.20. The molecule has 0 aromatic rings. The zero-order chi connectivity index (χ0) is 10.2. The third kappa shape index (κ3) is 5.23. The smallest absolute Gasteiger partial charge is 0.00307 e. The fourth-order valence-corrected chi connectivity index (χ4v) is 3.10. The Morgan fingerprint density at radius 1 is 1.57 bits per heavy atom. The number of rotatable bonds is 6. The van der Waals surface area contributed by atoms with Crippen molar-refractivity contribution in [3.8, 4) is 0 Å². The summed E-state index contributed by atoms with van der Waals surface area (Å²) in [6, 6.07) is 0. The summed E-state index contributed by atoms with van der Waals surface area (Å²) < 4.78 is 0. The van der Waals surface area contributed by atoms with E-state index >= 15 is 0 Å². The molecule has 0 saturated carbocycles. The Hall–Kier alpha value is 0.270. The van der Waals surface area contributed by atoms with E-state index < -0.39 is 0 Å². The van der Waals surface area contributed by atoms with Gasteiger partial charge in [-0.15, -0.1) is 0 Å². The van der Waals surface area contributed by atoms with Gasteiger partial charge in [-0.05, 0) is 57.0 Å². The zero-order valence-corrected chi connectivity index (χ0v) is 10.1. The first-order valence-electron chi connectivity index (χ1n) is 5.85. The molecule has 1 fully saturated rings. The van der Waals surface area contributed by atoms with Crippen molar-refractivity contribution < 1.29 is 0 Å². The molecule has 2 atom stereocenters. The molecule has 0 radical (unpaired) electrons. The summed E-state index contributed by atoms with van der Waals surface area (Å²) in [4.78, 5) is 0. The third-order valence-corrected chi connectivity index (χ3v) is 4.18. The molecule has 0 aromatic heterocycles. The normalized spacial score (nSPS) is 24.9. The molecule has 0 aromatic carbocycles. The van der Waals surface area contributed by atoms with Crippen molar-refractivity contribution in [2.75, 3.05) is 25.4 Å². The van der Waals surface area contributed by atoms with E-state index in [0.717, 1.165) is 24.1 Å². The molecule has 1 aliphatic rings. The second-order valence-electron chi connectivity index (χ2n) is 4.26. The number of nitrogens with one attached hydrogen (secondary N) is 1. The summed E-state index contributed by atoms with van der Waals surface area (Å²) in [5.74, 6) is 2.24. The Bertz CT molecular complexity index is 135. The largest absolute Gasteiger partial charge is 0.330 e. The molecule has 0 bridgehead atoms. The van der Waals surface area contributed by atoms with Gasteiger partial charge in [-0.1, -0.05) is 6.92 Å². The predicted octanol–water partition coefficient (Wildman–Crippen LogP) is 1.85. The topological polar surface area (TPSA) is 38.0 Å². The van der Waals surface area contributed by atoms with Gasteiger partial charge in [0.25, 0.3) is 0 Å². The molecule has 1 aliphatic heterocycles. The van der Waals surface area contributed by atoms with E-state index in [4.69, 9.17) is 5.73 Å². The van der Waals surface area contributed by atoms with Crippen molar-refractivity contribution in [2.24, 2.45) is 11.7 Å². The minimum absolute atomic E-state index is 0.747. The number of thioether (sulfide) groups is 1. The summed E-state index contributed by atoms with van der Waals surface area (Å²) in [6.45, 7) is 5.59. The highest BCUT2D eigenvalue weighted by molar-refractivity contribution is 7.99. The van der Waals surface area contributed by atoms with Gasteiger partial charge in [0.2, 0.25) is 0 Å². The van der Waals surface area contributed by atoms with Gasteiger partial charge < -0.3 is 11.1 Å². The predicted molar refractivity (Wildman–Crippen MR) is 65.8 cm³/mol. The molecule has 3 heteroatoms. The van der Waals surface area contributed by atoms with E-state index in [2.05, 4.69) is 24.0 Å². The van der Waals surface area contributed by atoms with Crippen molar-refractivity contribution in [3.63, 3.8) is 0 Å². The Balaban J connectivity index is 1.96. The van der Waals surface area contributed by atoms with Crippen molar-refractivity contribution in [2.45, 2.75) is 37.9 Å². The SMILES string of the molecule is CC(CCN)SCCC1CCCNC1. The zero-order valence-electron chi connectivity index (χ0n) is 9.30. The van der Waals surface area contributed by atoms with Gasteiger partial charge in [0.05, 0.1) is 0 Å². The van der Waals surface area contributed by atoms with Gasteiger partial charge in [0.15, 0.2) is 0 Å². The average molecular weight is 216 g/mol. The molecule has 0 aliphatic carbocycles. The van der Waals surface area contributed by atoms with Crippen LogP contribution >= 0.6 is 11.8 Å². The highest BCUT2D eigenvalue weighted by Crippen LogP contribution is 2.20. The Morgan fingerprint density at radius 2 is 2.43 bits per heavy atom. The molecular weight excluding hydrogens is 192 g/mol. The maximum absolute atomic E-state index is 5.52. The van der Waals surface area contributed by atoms with Crippen LogP contribution in [0, 0.1) is 5.92 Å². The summed E-state index contributed by atoms with van der Waals surface area (Å²) in [7, 11) is 0. The fourth-order valence-electron chi connectivity index (χ4n) is 1.92. The Kier molecular flexibility index (Phi) is 6.65. The van der Waals surface area contributed by atoms with Crippen LogP contribution in [0.4, 0.5) is 0 Å². The monoisotopic (exact) mass is 216 g/mol. The van der Waals surface area contributed by atoms with Crippen molar-refractivity contribution in [1.29, 1.82) is 0 Å². The van der Waals surface area contributed by atoms with Crippen LogP contribution in [0.15, 0.2) is 0 Å². The number of piperidine rings is 1. The molecule has 84 valence electrons. The quantitative estimate of drug-likeness (QED) is 0.711. The van der Waals surface area contributed by atoms with E-state index in [9.17, 15) is 0 Å². The molecule has 3 N–H and O–H groups in total.